The van der Waals surface area contributed by atoms with Gasteiger partial charge in [0.05, 0.1) is 43.4 Å². The zero-order valence-electron chi connectivity index (χ0n) is 24.1. The van der Waals surface area contributed by atoms with Gasteiger partial charge in [-0.15, -0.1) is 0 Å². The molecule has 3 heterocycles. The van der Waals surface area contributed by atoms with Gasteiger partial charge in [0.15, 0.2) is 5.17 Å². The molecule has 0 unspecified atom stereocenters. The first-order valence-electron chi connectivity index (χ1n) is 14.1. The van der Waals surface area contributed by atoms with Gasteiger partial charge >= 0.3 is 11.9 Å². The number of thioether (sulfide) groups is 1. The molecule has 2 aromatic rings. The standard InChI is InChI=1S/C32H35N3O6S/c1-4-40-30(37)23-14-16-34(17-15-23)27(36)18-24-20-42-32-33-21(2)28(31(38)41-19-22-10-6-5-7-11-22)29(35(24)32)25-12-8-9-13-26(25)39-3/h5-13,20,23,29H,4,14-19H2,1-3H3/t29-/m1/s1. The maximum Gasteiger partial charge on any atom is 0.338 e. The lowest BCUT2D eigenvalue weighted by Crippen LogP contribution is -2.42. The quantitative estimate of drug-likeness (QED) is 0.368. The minimum Gasteiger partial charge on any atom is -0.496 e. The van der Waals surface area contributed by atoms with E-state index in [0.717, 1.165) is 16.8 Å². The number of benzene rings is 2. The van der Waals surface area contributed by atoms with Crippen LogP contribution in [0.3, 0.4) is 0 Å². The Balaban J connectivity index is 1.39. The highest BCUT2D eigenvalue weighted by atomic mass is 32.2. The van der Waals surface area contributed by atoms with Crippen molar-refractivity contribution in [3.05, 3.63) is 88.1 Å². The number of allylic oxidation sites excluding steroid dienone is 1. The van der Waals surface area contributed by atoms with Crippen molar-refractivity contribution in [2.24, 2.45) is 10.9 Å². The smallest absolute Gasteiger partial charge is 0.338 e. The van der Waals surface area contributed by atoms with Crippen LogP contribution in [0, 0.1) is 5.92 Å². The molecule has 0 saturated carbocycles. The summed E-state index contributed by atoms with van der Waals surface area (Å²) < 4.78 is 16.7. The van der Waals surface area contributed by atoms with E-state index < -0.39 is 12.0 Å². The number of methoxy groups -OCH3 is 1. The molecule has 0 aliphatic carbocycles. The average Bonchev–Trinajstić information content (AvgIpc) is 3.41. The van der Waals surface area contributed by atoms with Gasteiger partial charge in [0.25, 0.3) is 0 Å². The van der Waals surface area contributed by atoms with Gasteiger partial charge in [-0.3, -0.25) is 9.59 Å². The first kappa shape index (κ1) is 29.4. The van der Waals surface area contributed by atoms with Crippen LogP contribution in [0.1, 0.15) is 50.3 Å². The summed E-state index contributed by atoms with van der Waals surface area (Å²) in [7, 11) is 1.60. The third-order valence-corrected chi connectivity index (χ3v) is 8.56. The Morgan fingerprint density at radius 1 is 1.00 bits per heavy atom. The number of aliphatic imine (C=N–C) groups is 1. The molecular formula is C32H35N3O6S. The number of nitrogens with zero attached hydrogens (tertiary/aromatic N) is 3. The summed E-state index contributed by atoms with van der Waals surface area (Å²) in [6, 6.07) is 16.5. The van der Waals surface area contributed by atoms with Crippen LogP contribution < -0.4 is 4.74 Å². The highest BCUT2D eigenvalue weighted by molar-refractivity contribution is 8.16. The predicted octanol–water partition coefficient (Wildman–Crippen LogP) is 5.21. The molecular weight excluding hydrogens is 554 g/mol. The molecule has 2 aromatic carbocycles. The van der Waals surface area contributed by atoms with E-state index in [1.54, 1.807) is 18.9 Å². The number of piperidine rings is 1. The fourth-order valence-electron chi connectivity index (χ4n) is 5.51. The fraction of sp³-hybridized carbons (Fsp3) is 0.375. The van der Waals surface area contributed by atoms with Gasteiger partial charge in [0.2, 0.25) is 5.91 Å². The van der Waals surface area contributed by atoms with Gasteiger partial charge in [-0.05, 0) is 43.7 Å². The van der Waals surface area contributed by atoms with Crippen molar-refractivity contribution in [1.82, 2.24) is 9.80 Å². The first-order valence-corrected chi connectivity index (χ1v) is 15.0. The molecule has 0 aromatic heterocycles. The molecule has 1 saturated heterocycles. The summed E-state index contributed by atoms with van der Waals surface area (Å²) in [4.78, 5) is 47.9. The Hall–Kier alpha value is -4.05. The Kier molecular flexibility index (Phi) is 9.31. The van der Waals surface area contributed by atoms with Gasteiger partial charge in [-0.2, -0.15) is 0 Å². The van der Waals surface area contributed by atoms with Gasteiger partial charge in [-0.25, -0.2) is 9.79 Å². The van der Waals surface area contributed by atoms with E-state index in [-0.39, 0.29) is 30.8 Å². The van der Waals surface area contributed by atoms with Crippen LogP contribution in [-0.2, 0) is 30.5 Å². The van der Waals surface area contributed by atoms with Crippen LogP contribution in [-0.4, -0.2) is 59.6 Å². The minimum atomic E-state index is -0.597. The highest BCUT2D eigenvalue weighted by Crippen LogP contribution is 2.47. The zero-order valence-corrected chi connectivity index (χ0v) is 24.9. The molecule has 3 aliphatic heterocycles. The monoisotopic (exact) mass is 589 g/mol. The molecule has 0 radical (unpaired) electrons. The SMILES string of the molecule is CCOC(=O)C1CCN(C(=O)CC2=CSC3=NC(C)=C(C(=O)OCc4ccccc4)[C@@H](c4ccccc4OC)N23)CC1. The average molecular weight is 590 g/mol. The second-order valence-electron chi connectivity index (χ2n) is 10.3. The molecule has 0 spiro atoms. The molecule has 1 amide bonds. The van der Waals surface area contributed by atoms with Crippen molar-refractivity contribution in [2.75, 3.05) is 26.8 Å². The van der Waals surface area contributed by atoms with Crippen LogP contribution in [0.5, 0.6) is 5.75 Å². The number of hydrogen-bond donors (Lipinski definition) is 0. The number of para-hydroxylation sites is 1. The molecule has 3 aliphatic rings. The number of carbonyl (C=O) groups excluding carboxylic acids is 3. The van der Waals surface area contributed by atoms with E-state index in [4.69, 9.17) is 19.2 Å². The summed E-state index contributed by atoms with van der Waals surface area (Å²) in [5.74, 6) is -0.262. The molecule has 10 heteroatoms. The molecule has 0 bridgehead atoms. The lowest BCUT2D eigenvalue weighted by Gasteiger charge is -2.37. The maximum atomic E-state index is 13.7. The summed E-state index contributed by atoms with van der Waals surface area (Å²) in [5, 5.41) is 2.61. The topological polar surface area (TPSA) is 97.7 Å². The van der Waals surface area contributed by atoms with Crippen molar-refractivity contribution in [2.45, 2.75) is 45.8 Å². The van der Waals surface area contributed by atoms with Crippen molar-refractivity contribution in [1.29, 1.82) is 0 Å². The van der Waals surface area contributed by atoms with Crippen LogP contribution >= 0.6 is 11.8 Å². The molecule has 0 N–H and O–H groups in total. The number of amides is 1. The second-order valence-corrected chi connectivity index (χ2v) is 11.1. The van der Waals surface area contributed by atoms with Crippen LogP contribution in [0.4, 0.5) is 0 Å². The van der Waals surface area contributed by atoms with Crippen molar-refractivity contribution in [3.8, 4) is 5.75 Å². The van der Waals surface area contributed by atoms with Gasteiger partial charge in [-0.1, -0.05) is 60.3 Å². The summed E-state index contributed by atoms with van der Waals surface area (Å²) in [5.41, 5.74) is 3.36. The third kappa shape index (κ3) is 6.23. The highest BCUT2D eigenvalue weighted by Gasteiger charge is 2.42. The van der Waals surface area contributed by atoms with Crippen LogP contribution in [0.15, 0.2) is 82.0 Å². The number of amidine groups is 1. The Morgan fingerprint density at radius 3 is 2.43 bits per heavy atom. The number of hydrogen-bond acceptors (Lipinski definition) is 9. The molecule has 42 heavy (non-hydrogen) atoms. The van der Waals surface area contributed by atoms with Gasteiger partial charge in [0.1, 0.15) is 12.4 Å². The second kappa shape index (κ2) is 13.3. The molecule has 1 atom stereocenters. The Morgan fingerprint density at radius 2 is 1.71 bits per heavy atom. The number of ether oxygens (including phenoxy) is 3. The molecule has 5 rings (SSSR count). The Bertz CT molecular complexity index is 1430. The largest absolute Gasteiger partial charge is 0.496 e. The van der Waals surface area contributed by atoms with E-state index in [9.17, 15) is 14.4 Å². The minimum absolute atomic E-state index is 0.0383. The summed E-state index contributed by atoms with van der Waals surface area (Å²) in [6.45, 7) is 5.08. The lowest BCUT2D eigenvalue weighted by atomic mass is 9.93. The van der Waals surface area contributed by atoms with E-state index in [0.29, 0.717) is 54.7 Å². The molecule has 1 fully saturated rings. The van der Waals surface area contributed by atoms with Gasteiger partial charge < -0.3 is 24.0 Å². The van der Waals surface area contributed by atoms with Crippen molar-refractivity contribution in [3.63, 3.8) is 0 Å². The number of carbonyl (C=O) groups is 3. The zero-order chi connectivity index (χ0) is 29.6. The lowest BCUT2D eigenvalue weighted by molar-refractivity contribution is -0.151. The van der Waals surface area contributed by atoms with Crippen LogP contribution in [0.2, 0.25) is 0 Å². The molecule has 220 valence electrons. The van der Waals surface area contributed by atoms with E-state index in [1.807, 2.05) is 71.8 Å². The number of likely N-dealkylation sites (tertiary alicyclic amines) is 1. The third-order valence-electron chi connectivity index (χ3n) is 7.67. The summed E-state index contributed by atoms with van der Waals surface area (Å²) in [6.07, 6.45) is 1.29. The number of esters is 2. The van der Waals surface area contributed by atoms with Crippen molar-refractivity contribution >= 4 is 34.8 Å². The van der Waals surface area contributed by atoms with E-state index >= 15 is 0 Å². The van der Waals surface area contributed by atoms with E-state index in [1.165, 1.54) is 11.8 Å². The van der Waals surface area contributed by atoms with Crippen molar-refractivity contribution < 1.29 is 28.6 Å². The molecule has 9 nitrogen and oxygen atoms in total. The van der Waals surface area contributed by atoms with E-state index in [2.05, 4.69) is 0 Å². The number of fused-ring (bicyclic) bond motifs is 1. The summed E-state index contributed by atoms with van der Waals surface area (Å²) >= 11 is 1.43. The first-order chi connectivity index (χ1) is 20.4. The van der Waals surface area contributed by atoms with Gasteiger partial charge in [0, 0.05) is 24.4 Å². The predicted molar refractivity (Wildman–Crippen MR) is 160 cm³/mol. The maximum absolute atomic E-state index is 13.7. The number of rotatable bonds is 9. The normalized spacial score (nSPS) is 18.7. The Labute approximate surface area is 250 Å². The fourth-order valence-corrected chi connectivity index (χ4v) is 6.47. The van der Waals surface area contributed by atoms with Crippen LogP contribution in [0.25, 0.3) is 0 Å².